The molecule has 1 amide bonds. The maximum atomic E-state index is 12.9. The molecule has 0 fully saturated rings. The van der Waals surface area contributed by atoms with Gasteiger partial charge in [0.2, 0.25) is 15.9 Å². The van der Waals surface area contributed by atoms with E-state index in [2.05, 4.69) is 10.0 Å². The zero-order chi connectivity index (χ0) is 20.6. The number of esters is 1. The summed E-state index contributed by atoms with van der Waals surface area (Å²) in [5, 5.41) is 2.61. The van der Waals surface area contributed by atoms with Gasteiger partial charge in [0.05, 0.1) is 17.1 Å². The molecule has 0 aromatic heterocycles. The molecule has 0 unspecified atom stereocenters. The fourth-order valence-electron chi connectivity index (χ4n) is 2.19. The number of sulfonamides is 1. The fourth-order valence-corrected chi connectivity index (χ4v) is 3.22. The smallest absolute Gasteiger partial charge is 0.338 e. The van der Waals surface area contributed by atoms with Gasteiger partial charge >= 0.3 is 5.97 Å². The Kier molecular flexibility index (Phi) is 7.65. The van der Waals surface area contributed by atoms with Crippen LogP contribution in [0.1, 0.15) is 30.1 Å². The van der Waals surface area contributed by atoms with Crippen LogP contribution in [0.4, 0.5) is 10.1 Å². The lowest BCUT2D eigenvalue weighted by atomic mass is 10.2. The molecular weight excluding hydrogens is 387 g/mol. The van der Waals surface area contributed by atoms with Gasteiger partial charge in [-0.1, -0.05) is 6.92 Å². The number of rotatable bonds is 9. The topological polar surface area (TPSA) is 102 Å². The minimum Gasteiger partial charge on any atom is -0.462 e. The predicted octanol–water partition coefficient (Wildman–Crippen LogP) is 2.70. The second-order valence-corrected chi connectivity index (χ2v) is 7.63. The van der Waals surface area contributed by atoms with Gasteiger partial charge < -0.3 is 10.1 Å². The SMILES string of the molecule is CCCOC(=O)c1ccc(NC(=O)CCNS(=O)(=O)c2ccc(F)cc2)cc1. The number of amides is 1. The summed E-state index contributed by atoms with van der Waals surface area (Å²) >= 11 is 0. The van der Waals surface area contributed by atoms with E-state index in [0.29, 0.717) is 17.9 Å². The molecule has 0 spiro atoms. The Labute approximate surface area is 163 Å². The van der Waals surface area contributed by atoms with Crippen molar-refractivity contribution in [1.82, 2.24) is 4.72 Å². The monoisotopic (exact) mass is 408 g/mol. The van der Waals surface area contributed by atoms with Crippen LogP contribution in [0, 0.1) is 5.82 Å². The Bertz CT molecular complexity index is 912. The number of halogens is 1. The number of carbonyl (C=O) groups is 2. The van der Waals surface area contributed by atoms with Crippen LogP contribution in [0.3, 0.4) is 0 Å². The summed E-state index contributed by atoms with van der Waals surface area (Å²) in [5.74, 6) is -1.37. The Balaban J connectivity index is 1.82. The van der Waals surface area contributed by atoms with E-state index in [1.54, 1.807) is 12.1 Å². The molecule has 2 rings (SSSR count). The molecule has 0 aliphatic heterocycles. The highest BCUT2D eigenvalue weighted by molar-refractivity contribution is 7.89. The number of ether oxygens (including phenoxy) is 1. The number of nitrogens with one attached hydrogen (secondary N) is 2. The van der Waals surface area contributed by atoms with Crippen molar-refractivity contribution in [3.63, 3.8) is 0 Å². The van der Waals surface area contributed by atoms with E-state index in [4.69, 9.17) is 4.74 Å². The standard InChI is InChI=1S/C19H21FN2O5S/c1-2-13-27-19(24)14-3-7-16(8-4-14)22-18(23)11-12-21-28(25,26)17-9-5-15(20)6-10-17/h3-10,21H,2,11-13H2,1H3,(H,22,23). The molecule has 2 N–H and O–H groups in total. The first-order valence-electron chi connectivity index (χ1n) is 8.64. The largest absolute Gasteiger partial charge is 0.462 e. The van der Waals surface area contributed by atoms with Crippen LogP contribution in [0.2, 0.25) is 0 Å². The maximum absolute atomic E-state index is 12.9. The van der Waals surface area contributed by atoms with Crippen LogP contribution in [-0.2, 0) is 19.6 Å². The maximum Gasteiger partial charge on any atom is 0.338 e. The number of hydrogen-bond donors (Lipinski definition) is 2. The molecule has 2 aromatic rings. The minimum atomic E-state index is -3.82. The summed E-state index contributed by atoms with van der Waals surface area (Å²) in [5.41, 5.74) is 0.844. The van der Waals surface area contributed by atoms with Crippen LogP contribution >= 0.6 is 0 Å². The van der Waals surface area contributed by atoms with E-state index in [1.807, 2.05) is 6.92 Å². The average Bonchev–Trinajstić information content (AvgIpc) is 2.67. The van der Waals surface area contributed by atoms with Crippen LogP contribution in [0.5, 0.6) is 0 Å². The molecule has 9 heteroatoms. The van der Waals surface area contributed by atoms with Crippen LogP contribution in [0.25, 0.3) is 0 Å². The first-order valence-corrected chi connectivity index (χ1v) is 10.1. The number of benzene rings is 2. The third-order valence-electron chi connectivity index (χ3n) is 3.61. The lowest BCUT2D eigenvalue weighted by Gasteiger charge is -2.08. The molecule has 28 heavy (non-hydrogen) atoms. The Hall–Kier alpha value is -2.78. The molecule has 0 bridgehead atoms. The van der Waals surface area contributed by atoms with Crippen molar-refractivity contribution in [2.45, 2.75) is 24.7 Å². The second-order valence-electron chi connectivity index (χ2n) is 5.86. The van der Waals surface area contributed by atoms with Crippen molar-refractivity contribution in [1.29, 1.82) is 0 Å². The van der Waals surface area contributed by atoms with Gasteiger partial charge in [0.1, 0.15) is 5.82 Å². The third kappa shape index (κ3) is 6.43. The van der Waals surface area contributed by atoms with Gasteiger partial charge in [-0.2, -0.15) is 0 Å². The van der Waals surface area contributed by atoms with Crippen molar-refractivity contribution in [3.8, 4) is 0 Å². The number of carbonyl (C=O) groups excluding carboxylic acids is 2. The molecule has 0 aliphatic carbocycles. The minimum absolute atomic E-state index is 0.0835. The molecule has 0 aliphatic rings. The summed E-state index contributed by atoms with van der Waals surface area (Å²) in [6.45, 7) is 2.11. The van der Waals surface area contributed by atoms with Crippen LogP contribution in [0.15, 0.2) is 53.4 Å². The van der Waals surface area contributed by atoms with Gasteiger partial charge in [0, 0.05) is 18.7 Å². The van der Waals surface area contributed by atoms with Crippen LogP contribution in [-0.4, -0.2) is 33.4 Å². The van der Waals surface area contributed by atoms with E-state index < -0.39 is 27.7 Å². The van der Waals surface area contributed by atoms with E-state index in [9.17, 15) is 22.4 Å². The first kappa shape index (κ1) is 21.5. The van der Waals surface area contributed by atoms with E-state index in [0.717, 1.165) is 30.7 Å². The van der Waals surface area contributed by atoms with Gasteiger partial charge in [0.15, 0.2) is 0 Å². The average molecular weight is 408 g/mol. The van der Waals surface area contributed by atoms with Crippen molar-refractivity contribution >= 4 is 27.6 Å². The van der Waals surface area contributed by atoms with Gasteiger partial charge in [-0.3, -0.25) is 4.79 Å². The molecule has 0 saturated heterocycles. The molecule has 0 radical (unpaired) electrons. The predicted molar refractivity (Wildman–Crippen MR) is 102 cm³/mol. The van der Waals surface area contributed by atoms with Crippen LogP contribution < -0.4 is 10.0 Å². The molecule has 0 heterocycles. The summed E-state index contributed by atoms with van der Waals surface area (Å²) in [4.78, 5) is 23.6. The molecule has 150 valence electrons. The third-order valence-corrected chi connectivity index (χ3v) is 5.09. The highest BCUT2D eigenvalue weighted by Gasteiger charge is 2.14. The highest BCUT2D eigenvalue weighted by Crippen LogP contribution is 2.12. The molecule has 2 aromatic carbocycles. The summed E-state index contributed by atoms with van der Waals surface area (Å²) < 4.78 is 44.3. The fraction of sp³-hybridized carbons (Fsp3) is 0.263. The van der Waals surface area contributed by atoms with Crippen molar-refractivity contribution < 1.29 is 27.1 Å². The summed E-state index contributed by atoms with van der Waals surface area (Å²) in [7, 11) is -3.82. The summed E-state index contributed by atoms with van der Waals surface area (Å²) in [6, 6.07) is 10.6. The Morgan fingerprint density at radius 2 is 1.68 bits per heavy atom. The van der Waals surface area contributed by atoms with E-state index in [1.165, 1.54) is 12.1 Å². The number of hydrogen-bond acceptors (Lipinski definition) is 5. The Morgan fingerprint density at radius 3 is 2.29 bits per heavy atom. The lowest BCUT2D eigenvalue weighted by molar-refractivity contribution is -0.116. The zero-order valence-electron chi connectivity index (χ0n) is 15.3. The first-order chi connectivity index (χ1) is 13.3. The van der Waals surface area contributed by atoms with Gasteiger partial charge in [-0.05, 0) is 55.0 Å². The molecule has 7 nitrogen and oxygen atoms in total. The molecule has 0 atom stereocenters. The normalized spacial score (nSPS) is 11.1. The van der Waals surface area contributed by atoms with Gasteiger partial charge in [-0.25, -0.2) is 22.3 Å². The highest BCUT2D eigenvalue weighted by atomic mass is 32.2. The van der Waals surface area contributed by atoms with Crippen molar-refractivity contribution in [3.05, 3.63) is 59.9 Å². The lowest BCUT2D eigenvalue weighted by Crippen LogP contribution is -2.27. The zero-order valence-corrected chi connectivity index (χ0v) is 16.1. The molecule has 0 saturated carbocycles. The van der Waals surface area contributed by atoms with Gasteiger partial charge in [0.25, 0.3) is 0 Å². The summed E-state index contributed by atoms with van der Waals surface area (Å²) in [6.07, 6.45) is 0.630. The quantitative estimate of drug-likeness (QED) is 0.621. The van der Waals surface area contributed by atoms with E-state index in [-0.39, 0.29) is 17.9 Å². The second kappa shape index (κ2) is 9.95. The molecular formula is C19H21FN2O5S. The Morgan fingerprint density at radius 1 is 1.04 bits per heavy atom. The van der Waals surface area contributed by atoms with Crippen molar-refractivity contribution in [2.75, 3.05) is 18.5 Å². The van der Waals surface area contributed by atoms with Gasteiger partial charge in [-0.15, -0.1) is 0 Å². The van der Waals surface area contributed by atoms with Crippen molar-refractivity contribution in [2.24, 2.45) is 0 Å². The van der Waals surface area contributed by atoms with E-state index >= 15 is 0 Å². The number of anilines is 1.